The zero-order valence-electron chi connectivity index (χ0n) is 20.8. The van der Waals surface area contributed by atoms with Crippen molar-refractivity contribution in [2.24, 2.45) is 10.1 Å². The van der Waals surface area contributed by atoms with E-state index in [1.165, 1.54) is 24.6 Å². The van der Waals surface area contributed by atoms with Crippen molar-refractivity contribution < 1.29 is 9.53 Å². The number of benzene rings is 1. The lowest BCUT2D eigenvalue weighted by Gasteiger charge is -2.26. The molecule has 1 aliphatic rings. The van der Waals surface area contributed by atoms with Crippen LogP contribution in [0.2, 0.25) is 0 Å². The Balaban J connectivity index is 1.98. The summed E-state index contributed by atoms with van der Waals surface area (Å²) in [5.41, 5.74) is 4.24. The fourth-order valence-corrected chi connectivity index (χ4v) is 3.59. The van der Waals surface area contributed by atoms with Crippen molar-refractivity contribution in [1.29, 1.82) is 0 Å². The zero-order chi connectivity index (χ0) is 24.8. The van der Waals surface area contributed by atoms with E-state index < -0.39 is 0 Å². The van der Waals surface area contributed by atoms with Gasteiger partial charge >= 0.3 is 0 Å². The van der Waals surface area contributed by atoms with E-state index >= 15 is 0 Å². The van der Waals surface area contributed by atoms with Crippen molar-refractivity contribution in [3.05, 3.63) is 48.3 Å². The summed E-state index contributed by atoms with van der Waals surface area (Å²) in [6.07, 6.45) is 3.59. The lowest BCUT2D eigenvalue weighted by Crippen LogP contribution is -2.29. The molecule has 1 aromatic carbocycles. The van der Waals surface area contributed by atoms with Crippen molar-refractivity contribution in [2.45, 2.75) is 25.7 Å². The first-order chi connectivity index (χ1) is 16.3. The van der Waals surface area contributed by atoms with Gasteiger partial charge in [0.1, 0.15) is 5.75 Å². The van der Waals surface area contributed by atoms with Crippen LogP contribution in [-0.4, -0.2) is 69.5 Å². The summed E-state index contributed by atoms with van der Waals surface area (Å²) in [4.78, 5) is 20.4. The predicted octanol–water partition coefficient (Wildman–Crippen LogP) is 3.74. The number of hydrogen-bond donors (Lipinski definition) is 2. The fourth-order valence-electron chi connectivity index (χ4n) is 3.59. The fraction of sp³-hybridized carbons (Fsp3) is 0.400. The molecule has 34 heavy (non-hydrogen) atoms. The summed E-state index contributed by atoms with van der Waals surface area (Å²) < 4.78 is 7.58. The minimum absolute atomic E-state index is 0.300. The van der Waals surface area contributed by atoms with Gasteiger partial charge in [0.15, 0.2) is 0 Å². The number of nitrogens with one attached hydrogen (secondary N) is 2. The lowest BCUT2D eigenvalue weighted by atomic mass is 10.2. The topological polar surface area (TPSA) is 86.5 Å². The summed E-state index contributed by atoms with van der Waals surface area (Å²) in [7, 11) is 7.62. The average molecular weight is 466 g/mol. The molecule has 0 aliphatic heterocycles. The molecule has 0 spiro atoms. The maximum absolute atomic E-state index is 12.2. The first kappa shape index (κ1) is 25.0. The third-order valence-corrected chi connectivity index (χ3v) is 5.72. The van der Waals surface area contributed by atoms with Gasteiger partial charge in [0, 0.05) is 43.5 Å². The van der Waals surface area contributed by atoms with Crippen molar-refractivity contribution in [1.82, 2.24) is 9.58 Å². The third-order valence-electron chi connectivity index (χ3n) is 5.72. The second-order valence-electron chi connectivity index (χ2n) is 8.68. The molecule has 0 saturated heterocycles. The van der Waals surface area contributed by atoms with Gasteiger partial charge in [0.2, 0.25) is 11.9 Å². The van der Waals surface area contributed by atoms with Gasteiger partial charge in [-0.25, -0.2) is 9.67 Å². The molecule has 0 unspecified atom stereocenters. The number of nitrogens with zero attached hydrogens (tertiary/aromatic N) is 5. The average Bonchev–Trinajstić information content (AvgIpc) is 3.60. The molecule has 2 N–H and O–H groups in total. The van der Waals surface area contributed by atoms with Gasteiger partial charge in [-0.1, -0.05) is 6.58 Å². The van der Waals surface area contributed by atoms with Crippen molar-refractivity contribution in [3.8, 4) is 5.75 Å². The monoisotopic (exact) mass is 465 g/mol. The SMILES string of the molecule is C=CC(=O)Nc1cc(N/C(N=C)=N/n2c(C)ccc2C2CC2)c(OC)cc1N(C)CCN(C)C. The molecule has 1 saturated carbocycles. The maximum Gasteiger partial charge on any atom is 0.247 e. The van der Waals surface area contributed by atoms with Crippen LogP contribution in [0.1, 0.15) is 30.1 Å². The number of carbonyl (C=O) groups excluding carboxylic acids is 1. The number of likely N-dealkylation sites (N-methyl/N-ethyl adjacent to an activating group) is 2. The Labute approximate surface area is 201 Å². The second kappa shape index (κ2) is 11.0. The largest absolute Gasteiger partial charge is 0.494 e. The van der Waals surface area contributed by atoms with Gasteiger partial charge in [-0.2, -0.15) is 0 Å². The highest BCUT2D eigenvalue weighted by molar-refractivity contribution is 6.04. The van der Waals surface area contributed by atoms with Crippen LogP contribution in [0.15, 0.2) is 47.0 Å². The van der Waals surface area contributed by atoms with Crippen LogP contribution >= 0.6 is 0 Å². The number of aryl methyl sites for hydroxylation is 1. The van der Waals surface area contributed by atoms with Crippen LogP contribution < -0.4 is 20.3 Å². The highest BCUT2D eigenvalue weighted by Gasteiger charge is 2.27. The van der Waals surface area contributed by atoms with Crippen LogP contribution in [0.5, 0.6) is 5.75 Å². The highest BCUT2D eigenvalue weighted by atomic mass is 16.5. The van der Waals surface area contributed by atoms with Crippen LogP contribution in [0.3, 0.4) is 0 Å². The van der Waals surface area contributed by atoms with E-state index in [4.69, 9.17) is 9.84 Å². The minimum Gasteiger partial charge on any atom is -0.494 e. The number of methoxy groups -OCH3 is 1. The van der Waals surface area contributed by atoms with Crippen molar-refractivity contribution >= 4 is 35.6 Å². The third kappa shape index (κ3) is 6.05. The van der Waals surface area contributed by atoms with E-state index in [-0.39, 0.29) is 5.91 Å². The number of ether oxygens (including phenoxy) is 1. The molecule has 9 heteroatoms. The molecule has 1 aliphatic carbocycles. The van der Waals surface area contributed by atoms with Crippen LogP contribution in [0.25, 0.3) is 0 Å². The number of aromatic nitrogens is 1. The summed E-state index contributed by atoms with van der Waals surface area (Å²) in [6, 6.07) is 7.86. The van der Waals surface area contributed by atoms with E-state index in [0.717, 1.165) is 24.5 Å². The Morgan fingerprint density at radius 3 is 2.53 bits per heavy atom. The molecule has 1 amide bonds. The van der Waals surface area contributed by atoms with E-state index in [1.54, 1.807) is 7.11 Å². The van der Waals surface area contributed by atoms with Crippen LogP contribution in [0.4, 0.5) is 17.1 Å². The molecular weight excluding hydrogens is 430 g/mol. The Morgan fingerprint density at radius 2 is 1.94 bits per heavy atom. The summed E-state index contributed by atoms with van der Waals surface area (Å²) in [6.45, 7) is 10.9. The summed E-state index contributed by atoms with van der Waals surface area (Å²) in [5, 5.41) is 10.8. The number of guanidine groups is 1. The molecule has 0 radical (unpaired) electrons. The molecule has 9 nitrogen and oxygen atoms in total. The summed E-state index contributed by atoms with van der Waals surface area (Å²) in [5.74, 6) is 1.16. The number of rotatable bonds is 10. The maximum atomic E-state index is 12.2. The van der Waals surface area contributed by atoms with Gasteiger partial charge in [0.25, 0.3) is 0 Å². The van der Waals surface area contributed by atoms with Gasteiger partial charge in [0.05, 0.1) is 24.2 Å². The molecule has 2 aromatic rings. The van der Waals surface area contributed by atoms with E-state index in [1.807, 2.05) is 44.9 Å². The number of aliphatic imine (C=N–C) groups is 1. The van der Waals surface area contributed by atoms with Gasteiger partial charge in [-0.05, 0) is 64.9 Å². The molecule has 3 rings (SSSR count). The van der Waals surface area contributed by atoms with Crippen LogP contribution in [-0.2, 0) is 4.79 Å². The predicted molar refractivity (Wildman–Crippen MR) is 141 cm³/mol. The molecule has 182 valence electrons. The Bertz CT molecular complexity index is 1080. The lowest BCUT2D eigenvalue weighted by molar-refractivity contribution is -0.111. The van der Waals surface area contributed by atoms with E-state index in [0.29, 0.717) is 29.0 Å². The highest BCUT2D eigenvalue weighted by Crippen LogP contribution is 2.41. The van der Waals surface area contributed by atoms with Gasteiger partial charge in [-0.3, -0.25) is 4.79 Å². The molecule has 0 atom stereocenters. The zero-order valence-corrected chi connectivity index (χ0v) is 20.8. The van der Waals surface area contributed by atoms with Gasteiger partial charge < -0.3 is 25.2 Å². The smallest absolute Gasteiger partial charge is 0.247 e. The second-order valence-corrected chi connectivity index (χ2v) is 8.68. The Kier molecular flexibility index (Phi) is 8.12. The first-order valence-corrected chi connectivity index (χ1v) is 11.3. The normalized spacial score (nSPS) is 13.5. The number of anilines is 3. The van der Waals surface area contributed by atoms with Crippen molar-refractivity contribution in [2.75, 3.05) is 56.9 Å². The first-order valence-electron chi connectivity index (χ1n) is 11.3. The molecule has 1 heterocycles. The number of hydrogen-bond acceptors (Lipinski definition) is 5. The number of carbonyl (C=O) groups is 1. The van der Waals surface area contributed by atoms with Crippen LogP contribution in [0, 0.1) is 6.92 Å². The standard InChI is InChI=1S/C25H35N7O2/c1-8-24(33)27-19-15-20(23(34-7)16-22(19)31(6)14-13-30(4)5)28-25(26-3)29-32-17(2)9-12-21(32)18-10-11-18/h8-9,12,15-16,18H,1,3,10-11,13-14H2,2,4-7H3,(H,27,33)(H,28,29). The van der Waals surface area contributed by atoms with E-state index in [2.05, 4.69) is 50.9 Å². The summed E-state index contributed by atoms with van der Waals surface area (Å²) >= 11 is 0. The molecule has 1 aromatic heterocycles. The van der Waals surface area contributed by atoms with Crippen molar-refractivity contribution in [3.63, 3.8) is 0 Å². The quantitative estimate of drug-likeness (QED) is 0.317. The number of amides is 1. The van der Waals surface area contributed by atoms with Gasteiger partial charge in [-0.15, -0.1) is 5.10 Å². The minimum atomic E-state index is -0.300. The Hall–Kier alpha value is -3.59. The van der Waals surface area contributed by atoms with E-state index in [9.17, 15) is 4.79 Å². The molecule has 1 fully saturated rings. The Morgan fingerprint density at radius 1 is 1.21 bits per heavy atom. The molecular formula is C25H35N7O2. The molecule has 0 bridgehead atoms.